The molecule has 5 nitrogen and oxygen atoms in total. The minimum absolute atomic E-state index is 0.529. The van der Waals surface area contributed by atoms with Crippen LogP contribution in [0.25, 0.3) is 11.0 Å². The molecule has 2 aromatic heterocycles. The van der Waals surface area contributed by atoms with Crippen LogP contribution in [0.1, 0.15) is 35.4 Å². The Balaban J connectivity index is 1.56. The van der Waals surface area contributed by atoms with Crippen molar-refractivity contribution in [2.75, 3.05) is 13.1 Å². The largest absolute Gasteiger partial charge is 0.459 e. The van der Waals surface area contributed by atoms with E-state index in [2.05, 4.69) is 45.9 Å². The first-order valence-corrected chi connectivity index (χ1v) is 9.95. The molecular formula is C20H26N4OS. The molecule has 0 aliphatic heterocycles. The second-order valence-electron chi connectivity index (χ2n) is 6.25. The third-order valence-electron chi connectivity index (χ3n) is 4.19. The molecule has 0 saturated carbocycles. The highest BCUT2D eigenvalue weighted by molar-refractivity contribution is 7.09. The van der Waals surface area contributed by atoms with Gasteiger partial charge in [0, 0.05) is 41.5 Å². The van der Waals surface area contributed by atoms with Crippen LogP contribution in [0, 0.1) is 13.8 Å². The Morgan fingerprint density at radius 2 is 2.08 bits per heavy atom. The van der Waals surface area contributed by atoms with Gasteiger partial charge in [0.1, 0.15) is 17.9 Å². The normalized spacial score (nSPS) is 11.9. The van der Waals surface area contributed by atoms with E-state index < -0.39 is 0 Å². The highest BCUT2D eigenvalue weighted by Crippen LogP contribution is 2.25. The van der Waals surface area contributed by atoms with Crippen molar-refractivity contribution < 1.29 is 4.42 Å². The molecule has 0 fully saturated rings. The number of thiazole rings is 1. The number of guanidine groups is 1. The topological polar surface area (TPSA) is 62.5 Å². The van der Waals surface area contributed by atoms with Crippen molar-refractivity contribution >= 4 is 28.3 Å². The van der Waals surface area contributed by atoms with E-state index in [0.29, 0.717) is 6.54 Å². The van der Waals surface area contributed by atoms with Crippen LogP contribution in [0.5, 0.6) is 0 Å². The van der Waals surface area contributed by atoms with Gasteiger partial charge < -0.3 is 15.1 Å². The maximum Gasteiger partial charge on any atom is 0.191 e. The summed E-state index contributed by atoms with van der Waals surface area (Å²) in [5, 5.41) is 11.1. The van der Waals surface area contributed by atoms with Crippen molar-refractivity contribution in [3.63, 3.8) is 0 Å². The van der Waals surface area contributed by atoms with E-state index in [9.17, 15) is 0 Å². The molecule has 0 aliphatic rings. The number of furan rings is 1. The third kappa shape index (κ3) is 4.64. The fraction of sp³-hybridized carbons (Fsp3) is 0.400. The monoisotopic (exact) mass is 370 g/mol. The first-order chi connectivity index (χ1) is 12.7. The first-order valence-electron chi connectivity index (χ1n) is 9.07. The second kappa shape index (κ2) is 8.85. The second-order valence-corrected chi connectivity index (χ2v) is 7.20. The molecule has 0 amide bonds. The van der Waals surface area contributed by atoms with Crippen LogP contribution in [0.3, 0.4) is 0 Å². The van der Waals surface area contributed by atoms with E-state index in [0.717, 1.165) is 54.3 Å². The van der Waals surface area contributed by atoms with E-state index in [1.165, 1.54) is 10.6 Å². The number of aliphatic imine (C=N–C) groups is 1. The lowest BCUT2D eigenvalue weighted by Crippen LogP contribution is -2.37. The zero-order valence-corrected chi connectivity index (χ0v) is 16.4. The molecule has 0 atom stereocenters. The highest BCUT2D eigenvalue weighted by Gasteiger charge is 2.09. The van der Waals surface area contributed by atoms with Gasteiger partial charge in [-0.2, -0.15) is 0 Å². The summed E-state index contributed by atoms with van der Waals surface area (Å²) in [6.45, 7) is 8.42. The van der Waals surface area contributed by atoms with E-state index >= 15 is 0 Å². The predicted octanol–water partition coefficient (Wildman–Crippen LogP) is 4.19. The van der Waals surface area contributed by atoms with Gasteiger partial charge in [-0.25, -0.2) is 9.98 Å². The van der Waals surface area contributed by atoms with E-state index in [1.807, 2.05) is 25.1 Å². The fourth-order valence-electron chi connectivity index (χ4n) is 2.83. The first kappa shape index (κ1) is 18.5. The van der Waals surface area contributed by atoms with Gasteiger partial charge in [0.25, 0.3) is 0 Å². The van der Waals surface area contributed by atoms with Crippen LogP contribution in [0.4, 0.5) is 0 Å². The number of aromatic nitrogens is 1. The molecule has 2 N–H and O–H groups in total. The van der Waals surface area contributed by atoms with Crippen LogP contribution in [-0.2, 0) is 13.0 Å². The fourth-order valence-corrected chi connectivity index (χ4v) is 3.65. The Bertz CT molecular complexity index is 881. The molecule has 6 heteroatoms. The number of nitrogens with one attached hydrogen (secondary N) is 2. The van der Waals surface area contributed by atoms with Gasteiger partial charge in [-0.3, -0.25) is 0 Å². The van der Waals surface area contributed by atoms with Gasteiger partial charge >= 0.3 is 0 Å². The predicted molar refractivity (Wildman–Crippen MR) is 109 cm³/mol. The minimum Gasteiger partial charge on any atom is -0.459 e. The number of benzene rings is 1. The number of para-hydroxylation sites is 1. The summed E-state index contributed by atoms with van der Waals surface area (Å²) in [4.78, 5) is 9.18. The Kier molecular flexibility index (Phi) is 6.28. The molecule has 0 unspecified atom stereocenters. The van der Waals surface area contributed by atoms with E-state index in [-0.39, 0.29) is 0 Å². The molecule has 26 heavy (non-hydrogen) atoms. The lowest BCUT2D eigenvalue weighted by molar-refractivity contribution is 0.547. The smallest absolute Gasteiger partial charge is 0.191 e. The molecule has 138 valence electrons. The Hall–Kier alpha value is -2.34. The Labute approximate surface area is 158 Å². The molecule has 3 rings (SSSR count). The van der Waals surface area contributed by atoms with Crippen molar-refractivity contribution in [3.05, 3.63) is 51.7 Å². The van der Waals surface area contributed by atoms with Crippen molar-refractivity contribution in [1.82, 2.24) is 15.6 Å². The Morgan fingerprint density at radius 3 is 2.81 bits per heavy atom. The van der Waals surface area contributed by atoms with Gasteiger partial charge in [0.15, 0.2) is 5.96 Å². The van der Waals surface area contributed by atoms with Gasteiger partial charge in [-0.15, -0.1) is 11.3 Å². The van der Waals surface area contributed by atoms with Crippen LogP contribution < -0.4 is 10.6 Å². The standard InChI is InChI=1S/C20H26N4OS/c1-4-21-20(22-11-7-10-19-24-14(2)13-26-19)23-12-18-15(3)16-8-5-6-9-17(16)25-18/h5-6,8-9,13H,4,7,10-12H2,1-3H3,(H2,21,22,23). The summed E-state index contributed by atoms with van der Waals surface area (Å²) in [6.07, 6.45) is 2.02. The molecule has 1 aromatic carbocycles. The van der Waals surface area contributed by atoms with Crippen LogP contribution in [0.15, 0.2) is 39.1 Å². The number of rotatable bonds is 7. The summed E-state index contributed by atoms with van der Waals surface area (Å²) in [5.41, 5.74) is 3.19. The van der Waals surface area contributed by atoms with Crippen molar-refractivity contribution in [1.29, 1.82) is 0 Å². The molecule has 3 aromatic rings. The number of nitrogens with zero attached hydrogens (tertiary/aromatic N) is 2. The van der Waals surface area contributed by atoms with E-state index in [1.54, 1.807) is 11.3 Å². The number of hydrogen-bond donors (Lipinski definition) is 2. The molecule has 0 radical (unpaired) electrons. The molecule has 0 saturated heterocycles. The summed E-state index contributed by atoms with van der Waals surface area (Å²) in [6, 6.07) is 8.12. The molecular weight excluding hydrogens is 344 g/mol. The summed E-state index contributed by atoms with van der Waals surface area (Å²) >= 11 is 1.73. The van der Waals surface area contributed by atoms with Crippen molar-refractivity contribution in [2.24, 2.45) is 4.99 Å². The summed E-state index contributed by atoms with van der Waals surface area (Å²) in [7, 11) is 0. The van der Waals surface area contributed by atoms with Gasteiger partial charge in [-0.1, -0.05) is 18.2 Å². The zero-order chi connectivity index (χ0) is 18.4. The van der Waals surface area contributed by atoms with Crippen LogP contribution in [-0.4, -0.2) is 24.0 Å². The molecule has 0 aliphatic carbocycles. The number of aryl methyl sites for hydroxylation is 3. The summed E-state index contributed by atoms with van der Waals surface area (Å²) < 4.78 is 5.94. The molecule has 0 bridgehead atoms. The highest BCUT2D eigenvalue weighted by atomic mass is 32.1. The van der Waals surface area contributed by atoms with Gasteiger partial charge in [-0.05, 0) is 33.3 Å². The molecule has 2 heterocycles. The van der Waals surface area contributed by atoms with Crippen LogP contribution in [0.2, 0.25) is 0 Å². The Morgan fingerprint density at radius 1 is 1.23 bits per heavy atom. The number of fused-ring (bicyclic) bond motifs is 1. The lowest BCUT2D eigenvalue weighted by atomic mass is 10.1. The van der Waals surface area contributed by atoms with Crippen molar-refractivity contribution in [3.8, 4) is 0 Å². The average Bonchev–Trinajstić information content (AvgIpc) is 3.20. The minimum atomic E-state index is 0.529. The maximum atomic E-state index is 5.94. The van der Waals surface area contributed by atoms with Gasteiger partial charge in [0.05, 0.1) is 5.01 Å². The SMILES string of the molecule is CCNC(=NCc1oc2ccccc2c1C)NCCCc1nc(C)cs1. The third-order valence-corrected chi connectivity index (χ3v) is 5.22. The molecule has 0 spiro atoms. The zero-order valence-electron chi connectivity index (χ0n) is 15.6. The lowest BCUT2D eigenvalue weighted by Gasteiger charge is -2.10. The summed E-state index contributed by atoms with van der Waals surface area (Å²) in [5.74, 6) is 1.74. The average molecular weight is 371 g/mol. The van der Waals surface area contributed by atoms with Crippen molar-refractivity contribution in [2.45, 2.75) is 40.2 Å². The maximum absolute atomic E-state index is 5.94. The number of hydrogen-bond acceptors (Lipinski definition) is 4. The quantitative estimate of drug-likeness (QED) is 0.372. The van der Waals surface area contributed by atoms with E-state index in [4.69, 9.17) is 4.42 Å². The van der Waals surface area contributed by atoms with Gasteiger partial charge in [0.2, 0.25) is 0 Å². The van der Waals surface area contributed by atoms with Crippen LogP contribution >= 0.6 is 11.3 Å².